The Hall–Kier alpha value is -2.98. The zero-order chi connectivity index (χ0) is 18.8. The van der Waals surface area contributed by atoms with E-state index in [1.165, 1.54) is 13.1 Å². The second-order valence-electron chi connectivity index (χ2n) is 4.77. The summed E-state index contributed by atoms with van der Waals surface area (Å²) in [7, 11) is 1.29. The average molecular weight is 363 g/mol. The smallest absolute Gasteiger partial charge is 0.335 e. The van der Waals surface area contributed by atoms with Crippen molar-refractivity contribution in [3.05, 3.63) is 52.8 Å². The van der Waals surface area contributed by atoms with E-state index < -0.39 is 46.9 Å². The summed E-state index contributed by atoms with van der Waals surface area (Å²) < 4.78 is 64.9. The molecule has 134 valence electrons. The molecule has 0 radical (unpaired) electrons. The molecule has 1 aromatic heterocycles. The van der Waals surface area contributed by atoms with Gasteiger partial charge in [-0.15, -0.1) is 0 Å². The van der Waals surface area contributed by atoms with E-state index in [1.807, 2.05) is 0 Å². The van der Waals surface area contributed by atoms with Gasteiger partial charge in [-0.25, -0.2) is 13.6 Å². The maximum atomic E-state index is 12.8. The quantitative estimate of drug-likeness (QED) is 0.672. The van der Waals surface area contributed by atoms with Crippen LogP contribution in [0.2, 0.25) is 0 Å². The number of rotatable bonds is 3. The molecule has 0 saturated carbocycles. The summed E-state index contributed by atoms with van der Waals surface area (Å²) >= 11 is 0. The van der Waals surface area contributed by atoms with Crippen LogP contribution >= 0.6 is 0 Å². The van der Waals surface area contributed by atoms with E-state index in [4.69, 9.17) is 0 Å². The minimum absolute atomic E-state index is 0.575. The molecule has 0 aliphatic rings. The summed E-state index contributed by atoms with van der Waals surface area (Å²) in [6, 6.07) is 3.76. The van der Waals surface area contributed by atoms with E-state index in [0.29, 0.717) is 6.07 Å². The molecule has 0 aliphatic heterocycles. The van der Waals surface area contributed by atoms with Crippen LogP contribution in [0.15, 0.2) is 30.5 Å². The van der Waals surface area contributed by atoms with Gasteiger partial charge in [0.2, 0.25) is 0 Å². The summed E-state index contributed by atoms with van der Waals surface area (Å²) in [5, 5.41) is 3.38. The van der Waals surface area contributed by atoms with Crippen LogP contribution in [0.1, 0.15) is 38.4 Å². The van der Waals surface area contributed by atoms with Crippen molar-refractivity contribution in [2.24, 2.45) is 7.05 Å². The number of nitrogens with zero attached hydrogens (tertiary/aromatic N) is 2. The lowest BCUT2D eigenvalue weighted by molar-refractivity contribution is -0.138. The van der Waals surface area contributed by atoms with Crippen molar-refractivity contribution in [2.45, 2.75) is 12.6 Å². The van der Waals surface area contributed by atoms with Crippen LogP contribution in [0.3, 0.4) is 0 Å². The third kappa shape index (κ3) is 4.11. The molecule has 0 spiro atoms. The predicted octanol–water partition coefficient (Wildman–Crippen LogP) is 2.88. The number of hydroxylamine groups is 1. The van der Waals surface area contributed by atoms with E-state index in [-0.39, 0.29) is 0 Å². The first-order valence-corrected chi connectivity index (χ1v) is 6.60. The summed E-state index contributed by atoms with van der Waals surface area (Å²) in [6.45, 7) is 0. The van der Waals surface area contributed by atoms with Crippen LogP contribution in [0.5, 0.6) is 0 Å². The lowest BCUT2D eigenvalue weighted by atomic mass is 10.1. The fourth-order valence-corrected chi connectivity index (χ4v) is 1.95. The molecule has 0 atom stereocenters. The largest absolute Gasteiger partial charge is 0.417 e. The molecular formula is C14H10F5N3O3. The Morgan fingerprint density at radius 1 is 1.20 bits per heavy atom. The monoisotopic (exact) mass is 363 g/mol. The Balaban J connectivity index is 2.15. The molecule has 0 aliphatic carbocycles. The van der Waals surface area contributed by atoms with Gasteiger partial charge in [-0.05, 0) is 12.1 Å². The first kappa shape index (κ1) is 18.4. The summed E-state index contributed by atoms with van der Waals surface area (Å²) in [5.41, 5.74) is -1.99. The van der Waals surface area contributed by atoms with Crippen LogP contribution in [0.4, 0.5) is 22.0 Å². The number of carbonyl (C=O) groups is 2. The predicted molar refractivity (Wildman–Crippen MR) is 72.5 cm³/mol. The fourth-order valence-electron chi connectivity index (χ4n) is 1.95. The van der Waals surface area contributed by atoms with Gasteiger partial charge in [0.15, 0.2) is 0 Å². The number of benzene rings is 1. The summed E-state index contributed by atoms with van der Waals surface area (Å²) in [6.07, 6.45) is -6.93. The van der Waals surface area contributed by atoms with Gasteiger partial charge in [0, 0.05) is 13.2 Å². The molecule has 1 N–H and O–H groups in total. The number of nitrogens with one attached hydrogen (secondary N) is 1. The molecule has 1 heterocycles. The summed E-state index contributed by atoms with van der Waals surface area (Å²) in [4.78, 5) is 27.9. The molecule has 2 aromatic rings. The highest BCUT2D eigenvalue weighted by atomic mass is 19.4. The lowest BCUT2D eigenvalue weighted by Crippen LogP contribution is -2.28. The van der Waals surface area contributed by atoms with Crippen LogP contribution in [-0.2, 0) is 18.1 Å². The Bertz CT molecular complexity index is 801. The second-order valence-corrected chi connectivity index (χ2v) is 4.77. The zero-order valence-corrected chi connectivity index (χ0v) is 12.5. The molecular weight excluding hydrogens is 353 g/mol. The van der Waals surface area contributed by atoms with Gasteiger partial charge in [-0.1, -0.05) is 12.1 Å². The minimum Gasteiger partial charge on any atom is -0.335 e. The lowest BCUT2D eigenvalue weighted by Gasteiger charge is -2.11. The topological polar surface area (TPSA) is 73.2 Å². The molecule has 2 rings (SSSR count). The van der Waals surface area contributed by atoms with Gasteiger partial charge in [-0.3, -0.25) is 9.48 Å². The molecule has 0 unspecified atom stereocenters. The Labute approximate surface area is 137 Å². The van der Waals surface area contributed by atoms with Crippen molar-refractivity contribution in [1.29, 1.82) is 0 Å². The highest BCUT2D eigenvalue weighted by Gasteiger charge is 2.35. The van der Waals surface area contributed by atoms with E-state index in [9.17, 15) is 31.5 Å². The van der Waals surface area contributed by atoms with E-state index in [0.717, 1.165) is 23.0 Å². The van der Waals surface area contributed by atoms with E-state index >= 15 is 0 Å². The van der Waals surface area contributed by atoms with Gasteiger partial charge in [0.25, 0.3) is 12.3 Å². The SMILES string of the molecule is Cn1cc(C(=O)NOC(=O)c2ccccc2C(F)(F)F)c(C(F)F)n1. The highest BCUT2D eigenvalue weighted by molar-refractivity contribution is 5.97. The van der Waals surface area contributed by atoms with Crippen LogP contribution < -0.4 is 5.48 Å². The molecule has 0 bridgehead atoms. The van der Waals surface area contributed by atoms with Crippen LogP contribution in [-0.4, -0.2) is 21.7 Å². The molecule has 6 nitrogen and oxygen atoms in total. The van der Waals surface area contributed by atoms with E-state index in [2.05, 4.69) is 9.94 Å². The molecule has 11 heteroatoms. The number of halogens is 5. The molecule has 1 amide bonds. The van der Waals surface area contributed by atoms with Crippen LogP contribution in [0, 0.1) is 0 Å². The number of carbonyl (C=O) groups excluding carboxylic acids is 2. The van der Waals surface area contributed by atoms with Crippen molar-refractivity contribution < 1.29 is 36.4 Å². The molecule has 1 aromatic carbocycles. The standard InChI is InChI=1S/C14H10F5N3O3/c1-22-6-8(10(20-22)11(15)16)12(23)21-25-13(24)7-4-2-3-5-9(7)14(17,18)19/h2-6,11H,1H3,(H,21,23). The van der Waals surface area contributed by atoms with E-state index in [1.54, 1.807) is 5.48 Å². The van der Waals surface area contributed by atoms with Gasteiger partial charge in [0.1, 0.15) is 5.69 Å². The third-order valence-corrected chi connectivity index (χ3v) is 3.00. The van der Waals surface area contributed by atoms with Gasteiger partial charge in [0.05, 0.1) is 16.7 Å². The number of hydrogen-bond acceptors (Lipinski definition) is 4. The van der Waals surface area contributed by atoms with Crippen molar-refractivity contribution in [3.8, 4) is 0 Å². The van der Waals surface area contributed by atoms with Crippen molar-refractivity contribution in [1.82, 2.24) is 15.3 Å². The normalized spacial score (nSPS) is 11.5. The maximum absolute atomic E-state index is 12.8. The van der Waals surface area contributed by atoms with Crippen molar-refractivity contribution >= 4 is 11.9 Å². The molecule has 0 saturated heterocycles. The number of aryl methyl sites for hydroxylation is 1. The number of aromatic nitrogens is 2. The number of amides is 1. The van der Waals surface area contributed by atoms with Crippen molar-refractivity contribution in [3.63, 3.8) is 0 Å². The van der Waals surface area contributed by atoms with Crippen molar-refractivity contribution in [2.75, 3.05) is 0 Å². The fraction of sp³-hybridized carbons (Fsp3) is 0.214. The Morgan fingerprint density at radius 3 is 2.44 bits per heavy atom. The Morgan fingerprint density at radius 2 is 1.84 bits per heavy atom. The zero-order valence-electron chi connectivity index (χ0n) is 12.5. The van der Waals surface area contributed by atoms with Crippen LogP contribution in [0.25, 0.3) is 0 Å². The van der Waals surface area contributed by atoms with Gasteiger partial charge in [-0.2, -0.15) is 23.8 Å². The number of hydrogen-bond donors (Lipinski definition) is 1. The number of alkyl halides is 5. The third-order valence-electron chi connectivity index (χ3n) is 3.00. The second kappa shape index (κ2) is 6.87. The first-order chi connectivity index (χ1) is 11.6. The Kier molecular flexibility index (Phi) is 5.04. The molecule has 25 heavy (non-hydrogen) atoms. The summed E-state index contributed by atoms with van der Waals surface area (Å²) in [5.74, 6) is -2.75. The first-order valence-electron chi connectivity index (χ1n) is 6.60. The maximum Gasteiger partial charge on any atom is 0.417 e. The minimum atomic E-state index is -4.81. The van der Waals surface area contributed by atoms with Gasteiger partial charge >= 0.3 is 12.1 Å². The van der Waals surface area contributed by atoms with Gasteiger partial charge < -0.3 is 4.84 Å². The average Bonchev–Trinajstić information content (AvgIpc) is 2.93. The molecule has 0 fully saturated rings. The highest BCUT2D eigenvalue weighted by Crippen LogP contribution is 2.32.